The van der Waals surface area contributed by atoms with Crippen molar-refractivity contribution in [3.8, 4) is 5.75 Å². The van der Waals surface area contributed by atoms with Crippen molar-refractivity contribution >= 4 is 57.4 Å². The molecular weight excluding hydrogens is 505 g/mol. The molecule has 0 unspecified atom stereocenters. The number of hydrogen-bond donors (Lipinski definition) is 2. The summed E-state index contributed by atoms with van der Waals surface area (Å²) >= 11 is 7.38. The largest absolute Gasteiger partial charge is 0.496 e. The zero-order valence-corrected chi connectivity index (χ0v) is 18.7. The molecule has 2 aromatic rings. The third-order valence-corrected chi connectivity index (χ3v) is 5.39. The van der Waals surface area contributed by atoms with E-state index in [9.17, 15) is 9.59 Å². The van der Waals surface area contributed by atoms with Crippen molar-refractivity contribution in [3.63, 3.8) is 0 Å². The van der Waals surface area contributed by atoms with Crippen LogP contribution >= 0.6 is 34.8 Å². The van der Waals surface area contributed by atoms with Crippen LogP contribution in [0, 0.1) is 3.57 Å². The Kier molecular flexibility index (Phi) is 7.40. The number of ether oxygens (including phenoxy) is 2. The fourth-order valence-corrected chi connectivity index (χ4v) is 3.79. The van der Waals surface area contributed by atoms with Crippen LogP contribution in [0.4, 0.5) is 5.69 Å². The predicted octanol–water partition coefficient (Wildman–Crippen LogP) is 2.90. The Morgan fingerprint density at radius 1 is 1.17 bits per heavy atom. The zero-order valence-electron chi connectivity index (χ0n) is 15.7. The first-order valence-corrected chi connectivity index (χ1v) is 10.4. The number of nitrogens with zero attached hydrogens (tertiary/aromatic N) is 1. The SMILES string of the molecule is COc1ccc(C(=O)NC(=S)Nc2ccccc2C(=O)N2CCOCC2)cc1I. The second-order valence-corrected chi connectivity index (χ2v) is 7.78. The minimum absolute atomic E-state index is 0.102. The second kappa shape index (κ2) is 9.99. The Labute approximate surface area is 187 Å². The number of carbonyl (C=O) groups excluding carboxylic acids is 2. The van der Waals surface area contributed by atoms with Crippen molar-refractivity contribution in [1.29, 1.82) is 0 Å². The Morgan fingerprint density at radius 2 is 1.90 bits per heavy atom. The number of benzene rings is 2. The zero-order chi connectivity index (χ0) is 20.8. The summed E-state index contributed by atoms with van der Waals surface area (Å²) in [6.07, 6.45) is 0. The molecule has 1 saturated heterocycles. The quantitative estimate of drug-likeness (QED) is 0.473. The molecule has 0 saturated carbocycles. The maximum Gasteiger partial charge on any atom is 0.257 e. The van der Waals surface area contributed by atoms with Gasteiger partial charge in [-0.2, -0.15) is 0 Å². The number of para-hydroxylation sites is 1. The van der Waals surface area contributed by atoms with Crippen molar-refractivity contribution in [1.82, 2.24) is 10.2 Å². The van der Waals surface area contributed by atoms with Gasteiger partial charge in [-0.25, -0.2) is 0 Å². The van der Waals surface area contributed by atoms with Gasteiger partial charge in [0.05, 0.1) is 35.1 Å². The number of amides is 2. The molecule has 7 nitrogen and oxygen atoms in total. The fraction of sp³-hybridized carbons (Fsp3) is 0.250. The first kappa shape index (κ1) is 21.5. The molecule has 1 fully saturated rings. The number of carbonyl (C=O) groups is 2. The average molecular weight is 525 g/mol. The van der Waals surface area contributed by atoms with Crippen molar-refractivity contribution in [2.24, 2.45) is 0 Å². The van der Waals surface area contributed by atoms with Crippen LogP contribution in [0.3, 0.4) is 0 Å². The number of nitrogens with one attached hydrogen (secondary N) is 2. The third-order valence-electron chi connectivity index (χ3n) is 4.35. The van der Waals surface area contributed by atoms with Crippen LogP contribution in [-0.4, -0.2) is 55.2 Å². The van der Waals surface area contributed by atoms with Gasteiger partial charge < -0.3 is 19.7 Å². The maximum absolute atomic E-state index is 12.8. The molecule has 1 aliphatic heterocycles. The van der Waals surface area contributed by atoms with Crippen molar-refractivity contribution in [2.75, 3.05) is 38.7 Å². The molecule has 0 atom stereocenters. The molecule has 0 aromatic heterocycles. The predicted molar refractivity (Wildman–Crippen MR) is 123 cm³/mol. The summed E-state index contributed by atoms with van der Waals surface area (Å²) < 4.78 is 11.3. The van der Waals surface area contributed by atoms with Gasteiger partial charge in [0.2, 0.25) is 0 Å². The maximum atomic E-state index is 12.8. The van der Waals surface area contributed by atoms with Gasteiger partial charge in [0.15, 0.2) is 5.11 Å². The van der Waals surface area contributed by atoms with E-state index in [1.807, 2.05) is 0 Å². The van der Waals surface area contributed by atoms with Gasteiger partial charge >= 0.3 is 0 Å². The Bertz CT molecular complexity index is 932. The highest BCUT2D eigenvalue weighted by Gasteiger charge is 2.21. The summed E-state index contributed by atoms with van der Waals surface area (Å²) in [4.78, 5) is 27.1. The number of rotatable bonds is 4. The van der Waals surface area contributed by atoms with E-state index in [1.54, 1.807) is 54.5 Å². The van der Waals surface area contributed by atoms with E-state index in [-0.39, 0.29) is 16.9 Å². The van der Waals surface area contributed by atoms with Crippen LogP contribution in [-0.2, 0) is 4.74 Å². The minimum atomic E-state index is -0.347. The summed E-state index contributed by atoms with van der Waals surface area (Å²) in [5.74, 6) is 0.244. The van der Waals surface area contributed by atoms with Crippen LogP contribution in [0.5, 0.6) is 5.75 Å². The molecule has 0 bridgehead atoms. The monoisotopic (exact) mass is 525 g/mol. The Balaban J connectivity index is 1.68. The van der Waals surface area contributed by atoms with Gasteiger partial charge in [-0.15, -0.1) is 0 Å². The van der Waals surface area contributed by atoms with Crippen LogP contribution in [0.25, 0.3) is 0 Å². The molecule has 3 rings (SSSR count). The lowest BCUT2D eigenvalue weighted by Crippen LogP contribution is -2.41. The van der Waals surface area contributed by atoms with Gasteiger partial charge in [-0.1, -0.05) is 12.1 Å². The molecule has 29 heavy (non-hydrogen) atoms. The number of morpholine rings is 1. The molecule has 0 radical (unpaired) electrons. The summed E-state index contributed by atoms with van der Waals surface area (Å²) in [6.45, 7) is 2.14. The molecule has 2 amide bonds. The van der Waals surface area contributed by atoms with E-state index >= 15 is 0 Å². The number of anilines is 1. The van der Waals surface area contributed by atoms with Crippen molar-refractivity contribution in [2.45, 2.75) is 0 Å². The van der Waals surface area contributed by atoms with Gasteiger partial charge in [0, 0.05) is 18.7 Å². The topological polar surface area (TPSA) is 79.9 Å². The fourth-order valence-electron chi connectivity index (χ4n) is 2.85. The molecule has 9 heteroatoms. The summed E-state index contributed by atoms with van der Waals surface area (Å²) in [7, 11) is 1.58. The van der Waals surface area contributed by atoms with E-state index < -0.39 is 0 Å². The molecule has 2 N–H and O–H groups in total. The molecule has 0 aliphatic carbocycles. The van der Waals surface area contributed by atoms with Crippen molar-refractivity contribution < 1.29 is 19.1 Å². The standard InChI is InChI=1S/C20H20IN3O4S/c1-27-17-7-6-13(12-15(17)21)18(25)23-20(29)22-16-5-3-2-4-14(16)19(26)24-8-10-28-11-9-24/h2-7,12H,8-11H2,1H3,(H2,22,23,25,29). The molecule has 1 heterocycles. The molecule has 0 spiro atoms. The summed E-state index contributed by atoms with van der Waals surface area (Å²) in [6, 6.07) is 12.2. The number of methoxy groups -OCH3 is 1. The van der Waals surface area contributed by atoms with Crippen molar-refractivity contribution in [3.05, 3.63) is 57.2 Å². The molecule has 152 valence electrons. The smallest absolute Gasteiger partial charge is 0.257 e. The lowest BCUT2D eigenvalue weighted by molar-refractivity contribution is 0.0303. The third kappa shape index (κ3) is 5.43. The van der Waals surface area contributed by atoms with E-state index in [4.69, 9.17) is 21.7 Å². The van der Waals surface area contributed by atoms with Gasteiger partial charge in [-0.05, 0) is 65.1 Å². The minimum Gasteiger partial charge on any atom is -0.496 e. The Hall–Kier alpha value is -2.24. The van der Waals surface area contributed by atoms with Gasteiger partial charge in [0.25, 0.3) is 11.8 Å². The van der Waals surface area contributed by atoms with Crippen LogP contribution in [0.1, 0.15) is 20.7 Å². The van der Waals surface area contributed by atoms with Gasteiger partial charge in [0.1, 0.15) is 5.75 Å². The molecular formula is C20H20IN3O4S. The van der Waals surface area contributed by atoms with Crippen LogP contribution < -0.4 is 15.4 Å². The van der Waals surface area contributed by atoms with E-state index in [2.05, 4.69) is 33.2 Å². The van der Waals surface area contributed by atoms with Gasteiger partial charge in [-0.3, -0.25) is 14.9 Å². The average Bonchev–Trinajstić information content (AvgIpc) is 2.74. The number of thiocarbonyl (C=S) groups is 1. The summed E-state index contributed by atoms with van der Waals surface area (Å²) in [5, 5.41) is 5.72. The van der Waals surface area contributed by atoms with Crippen LogP contribution in [0.2, 0.25) is 0 Å². The Morgan fingerprint density at radius 3 is 2.59 bits per heavy atom. The molecule has 1 aliphatic rings. The highest BCUT2D eigenvalue weighted by atomic mass is 127. The van der Waals surface area contributed by atoms with E-state index in [1.165, 1.54) is 0 Å². The first-order valence-electron chi connectivity index (χ1n) is 8.91. The van der Waals surface area contributed by atoms with Crippen LogP contribution in [0.15, 0.2) is 42.5 Å². The van der Waals surface area contributed by atoms with E-state index in [0.717, 1.165) is 3.57 Å². The highest BCUT2D eigenvalue weighted by Crippen LogP contribution is 2.22. The second-order valence-electron chi connectivity index (χ2n) is 6.21. The number of halogens is 1. The van der Waals surface area contributed by atoms with E-state index in [0.29, 0.717) is 48.9 Å². The molecule has 2 aromatic carbocycles. The first-order chi connectivity index (χ1) is 14.0. The summed E-state index contributed by atoms with van der Waals surface area (Å²) in [5.41, 5.74) is 1.49. The lowest BCUT2D eigenvalue weighted by atomic mass is 10.1. The lowest BCUT2D eigenvalue weighted by Gasteiger charge is -2.27. The number of hydrogen-bond acceptors (Lipinski definition) is 5. The normalized spacial score (nSPS) is 13.5. The highest BCUT2D eigenvalue weighted by molar-refractivity contribution is 14.1.